The molecule has 2 N–H and O–H groups in total. The summed E-state index contributed by atoms with van der Waals surface area (Å²) in [4.78, 5) is 12.1. The quantitative estimate of drug-likeness (QED) is 0.707. The van der Waals surface area contributed by atoms with Gasteiger partial charge in [-0.2, -0.15) is 0 Å². The summed E-state index contributed by atoms with van der Waals surface area (Å²) >= 11 is 0. The number of amides is 1. The number of aryl methyl sites for hydroxylation is 1. The Bertz CT molecular complexity index is 844. The highest BCUT2D eigenvalue weighted by atomic mass is 19.1. The minimum Gasteiger partial charge on any atom is -0.508 e. The smallest absolute Gasteiger partial charge is 0.255 e. The van der Waals surface area contributed by atoms with Crippen molar-refractivity contribution < 1.29 is 14.3 Å². The van der Waals surface area contributed by atoms with Crippen LogP contribution in [0.2, 0.25) is 0 Å². The monoisotopic (exact) mass is 286 g/mol. The number of aromatic nitrogens is 3. The fraction of sp³-hybridized carbons (Fsp3) is 0.0714. The van der Waals surface area contributed by atoms with Crippen molar-refractivity contribution in [2.45, 2.75) is 0 Å². The number of nitrogens with zero attached hydrogens (tertiary/aromatic N) is 3. The van der Waals surface area contributed by atoms with Crippen molar-refractivity contribution in [3.8, 4) is 5.75 Å². The van der Waals surface area contributed by atoms with Crippen molar-refractivity contribution in [3.05, 3.63) is 47.8 Å². The maximum absolute atomic E-state index is 13.6. The van der Waals surface area contributed by atoms with Crippen LogP contribution in [0.25, 0.3) is 11.0 Å². The molecule has 1 aromatic heterocycles. The van der Waals surface area contributed by atoms with Crippen molar-refractivity contribution in [2.24, 2.45) is 7.05 Å². The van der Waals surface area contributed by atoms with Crippen LogP contribution in [0.1, 0.15) is 10.4 Å². The second-order valence-corrected chi connectivity index (χ2v) is 4.53. The van der Waals surface area contributed by atoms with Crippen LogP contribution < -0.4 is 5.32 Å². The molecule has 106 valence electrons. The summed E-state index contributed by atoms with van der Waals surface area (Å²) < 4.78 is 15.2. The molecule has 0 saturated carbocycles. The molecule has 0 radical (unpaired) electrons. The molecule has 0 bridgehead atoms. The van der Waals surface area contributed by atoms with E-state index >= 15 is 0 Å². The van der Waals surface area contributed by atoms with Gasteiger partial charge in [-0.25, -0.2) is 9.07 Å². The number of hydrogen-bond acceptors (Lipinski definition) is 4. The highest BCUT2D eigenvalue weighted by Crippen LogP contribution is 2.20. The Morgan fingerprint density at radius 3 is 2.86 bits per heavy atom. The van der Waals surface area contributed by atoms with E-state index in [1.54, 1.807) is 29.9 Å². The molecule has 0 aliphatic carbocycles. The zero-order valence-corrected chi connectivity index (χ0v) is 11.0. The van der Waals surface area contributed by atoms with Gasteiger partial charge in [0.05, 0.1) is 11.2 Å². The average molecular weight is 286 g/mol. The number of anilines is 1. The molecule has 1 heterocycles. The highest BCUT2D eigenvalue weighted by molar-refractivity contribution is 6.05. The second-order valence-electron chi connectivity index (χ2n) is 4.53. The predicted molar refractivity (Wildman–Crippen MR) is 74.5 cm³/mol. The van der Waals surface area contributed by atoms with Gasteiger partial charge in [0.2, 0.25) is 0 Å². The van der Waals surface area contributed by atoms with Crippen molar-refractivity contribution >= 4 is 22.6 Å². The van der Waals surface area contributed by atoms with Gasteiger partial charge in [0.1, 0.15) is 17.1 Å². The molecule has 3 rings (SSSR count). The summed E-state index contributed by atoms with van der Waals surface area (Å²) in [5, 5.41) is 19.4. The summed E-state index contributed by atoms with van der Waals surface area (Å²) in [6.07, 6.45) is 0. The SMILES string of the molecule is Cn1nnc2cc(C(=O)Nc3ccc(O)cc3F)ccc21. The molecule has 2 aromatic carbocycles. The van der Waals surface area contributed by atoms with E-state index in [9.17, 15) is 9.18 Å². The van der Waals surface area contributed by atoms with Crippen LogP contribution in [0, 0.1) is 5.82 Å². The minimum atomic E-state index is -0.705. The van der Waals surface area contributed by atoms with Crippen LogP contribution in [-0.4, -0.2) is 26.0 Å². The van der Waals surface area contributed by atoms with E-state index in [-0.39, 0.29) is 11.4 Å². The maximum atomic E-state index is 13.6. The molecule has 0 aliphatic heterocycles. The zero-order chi connectivity index (χ0) is 15.0. The number of phenols is 1. The molecular formula is C14H11FN4O2. The van der Waals surface area contributed by atoms with E-state index in [2.05, 4.69) is 15.6 Å². The third-order valence-corrected chi connectivity index (χ3v) is 3.07. The predicted octanol–water partition coefficient (Wildman–Crippen LogP) is 2.07. The van der Waals surface area contributed by atoms with Crippen molar-refractivity contribution in [3.63, 3.8) is 0 Å². The Balaban J connectivity index is 1.89. The normalized spacial score (nSPS) is 10.8. The van der Waals surface area contributed by atoms with Gasteiger partial charge in [-0.15, -0.1) is 5.10 Å². The summed E-state index contributed by atoms with van der Waals surface area (Å²) in [6.45, 7) is 0. The lowest BCUT2D eigenvalue weighted by Gasteiger charge is -2.06. The first-order chi connectivity index (χ1) is 10.0. The molecular weight excluding hydrogens is 275 g/mol. The van der Waals surface area contributed by atoms with E-state index in [0.717, 1.165) is 11.6 Å². The van der Waals surface area contributed by atoms with Crippen LogP contribution in [0.4, 0.5) is 10.1 Å². The standard InChI is InChI=1S/C14H11FN4O2/c1-19-13-5-2-8(6-12(13)17-18-19)14(21)16-11-4-3-9(20)7-10(11)15/h2-7,20H,1H3,(H,16,21). The molecule has 0 saturated heterocycles. The summed E-state index contributed by atoms with van der Waals surface area (Å²) in [5.41, 5.74) is 1.71. The van der Waals surface area contributed by atoms with Crippen LogP contribution in [0.3, 0.4) is 0 Å². The van der Waals surface area contributed by atoms with Crippen LogP contribution in [0.5, 0.6) is 5.75 Å². The third kappa shape index (κ3) is 2.40. The molecule has 1 amide bonds. The fourth-order valence-electron chi connectivity index (χ4n) is 1.98. The first kappa shape index (κ1) is 13.0. The number of carbonyl (C=O) groups excluding carboxylic acids is 1. The number of nitrogens with one attached hydrogen (secondary N) is 1. The third-order valence-electron chi connectivity index (χ3n) is 3.07. The van der Waals surface area contributed by atoms with Gasteiger partial charge in [-0.05, 0) is 30.3 Å². The van der Waals surface area contributed by atoms with E-state index in [1.165, 1.54) is 12.1 Å². The van der Waals surface area contributed by atoms with Gasteiger partial charge in [0.15, 0.2) is 0 Å². The lowest BCUT2D eigenvalue weighted by molar-refractivity contribution is 0.102. The molecule has 3 aromatic rings. The van der Waals surface area contributed by atoms with E-state index in [4.69, 9.17) is 5.11 Å². The fourth-order valence-corrected chi connectivity index (χ4v) is 1.98. The largest absolute Gasteiger partial charge is 0.508 e. The number of benzene rings is 2. The molecule has 0 unspecified atom stereocenters. The molecule has 0 spiro atoms. The second kappa shape index (κ2) is 4.86. The Morgan fingerprint density at radius 1 is 1.29 bits per heavy atom. The van der Waals surface area contributed by atoms with E-state index in [1.807, 2.05) is 0 Å². The van der Waals surface area contributed by atoms with Crippen LogP contribution in [0.15, 0.2) is 36.4 Å². The Hall–Kier alpha value is -2.96. The van der Waals surface area contributed by atoms with Gasteiger partial charge >= 0.3 is 0 Å². The maximum Gasteiger partial charge on any atom is 0.255 e. The van der Waals surface area contributed by atoms with Gasteiger partial charge in [0.25, 0.3) is 5.91 Å². The molecule has 21 heavy (non-hydrogen) atoms. The lowest BCUT2D eigenvalue weighted by Crippen LogP contribution is -2.12. The van der Waals surface area contributed by atoms with Crippen LogP contribution >= 0.6 is 0 Å². The van der Waals surface area contributed by atoms with E-state index in [0.29, 0.717) is 11.1 Å². The van der Waals surface area contributed by atoms with Crippen molar-refractivity contribution in [2.75, 3.05) is 5.32 Å². The number of carbonyl (C=O) groups is 1. The number of rotatable bonds is 2. The Kier molecular flexibility index (Phi) is 3.02. The number of hydrogen-bond donors (Lipinski definition) is 2. The topological polar surface area (TPSA) is 80.0 Å². The number of aromatic hydroxyl groups is 1. The number of phenolic OH excluding ortho intramolecular Hbond substituents is 1. The Morgan fingerprint density at radius 2 is 2.10 bits per heavy atom. The van der Waals surface area contributed by atoms with Crippen LogP contribution in [-0.2, 0) is 7.05 Å². The number of fused-ring (bicyclic) bond motifs is 1. The first-order valence-electron chi connectivity index (χ1n) is 6.14. The Labute approximate surface area is 118 Å². The van der Waals surface area contributed by atoms with Gasteiger partial charge in [-0.3, -0.25) is 4.79 Å². The van der Waals surface area contributed by atoms with Gasteiger partial charge in [0, 0.05) is 18.7 Å². The summed E-state index contributed by atoms with van der Waals surface area (Å²) in [5.74, 6) is -1.37. The minimum absolute atomic E-state index is 0.00274. The summed E-state index contributed by atoms with van der Waals surface area (Å²) in [6, 6.07) is 8.43. The average Bonchev–Trinajstić information content (AvgIpc) is 2.83. The zero-order valence-electron chi connectivity index (χ0n) is 11.0. The molecule has 0 atom stereocenters. The van der Waals surface area contributed by atoms with E-state index < -0.39 is 11.7 Å². The van der Waals surface area contributed by atoms with Crippen molar-refractivity contribution in [1.82, 2.24) is 15.0 Å². The van der Waals surface area contributed by atoms with Gasteiger partial charge in [-0.1, -0.05) is 5.21 Å². The molecule has 7 heteroatoms. The molecule has 0 fully saturated rings. The molecule has 0 aliphatic rings. The highest BCUT2D eigenvalue weighted by Gasteiger charge is 2.12. The first-order valence-corrected chi connectivity index (χ1v) is 6.14. The summed E-state index contributed by atoms with van der Waals surface area (Å²) in [7, 11) is 1.75. The molecule has 6 nitrogen and oxygen atoms in total. The lowest BCUT2D eigenvalue weighted by atomic mass is 10.1. The van der Waals surface area contributed by atoms with Gasteiger partial charge < -0.3 is 10.4 Å². The van der Waals surface area contributed by atoms with Crippen molar-refractivity contribution in [1.29, 1.82) is 0 Å². The number of halogens is 1.